The minimum atomic E-state index is -1.85. The molecule has 0 spiro atoms. The Labute approximate surface area is 305 Å². The number of carbonyl (C=O) groups excluding carboxylic acids is 3. The first-order chi connectivity index (χ1) is 24.1. The summed E-state index contributed by atoms with van der Waals surface area (Å²) in [5.41, 5.74) is 1.32. The van der Waals surface area contributed by atoms with E-state index in [1.807, 2.05) is 22.6 Å². The van der Waals surface area contributed by atoms with Gasteiger partial charge in [-0.3, -0.25) is 14.4 Å². The Kier molecular flexibility index (Phi) is 22.0. The number of amides is 2. The van der Waals surface area contributed by atoms with Crippen molar-refractivity contribution in [1.29, 1.82) is 0 Å². The number of benzene rings is 1. The smallest absolute Gasteiger partial charge is 0.335 e. The lowest BCUT2D eigenvalue weighted by atomic mass is 9.99. The predicted molar refractivity (Wildman–Crippen MR) is 186 cm³/mol. The second-order valence-electron chi connectivity index (χ2n) is 11.4. The Bertz CT molecular complexity index is 1180. The Hall–Kier alpha value is -2.65. The van der Waals surface area contributed by atoms with Gasteiger partial charge in [0.15, 0.2) is 6.10 Å². The first-order valence-corrected chi connectivity index (χ1v) is 18.3. The number of halogens is 1. The average molecular weight is 827 g/mol. The monoisotopic (exact) mass is 826 g/mol. The van der Waals surface area contributed by atoms with Crippen LogP contribution >= 0.6 is 22.6 Å². The molecule has 0 unspecified atom stereocenters. The summed E-state index contributed by atoms with van der Waals surface area (Å²) in [5.74, 6) is -1.82. The fraction of sp³-hybridized carbons (Fsp3) is 0.697. The van der Waals surface area contributed by atoms with Gasteiger partial charge < -0.3 is 59.5 Å². The van der Waals surface area contributed by atoms with Gasteiger partial charge in [0, 0.05) is 38.1 Å². The van der Waals surface area contributed by atoms with Crippen molar-refractivity contribution in [3.63, 3.8) is 0 Å². The van der Waals surface area contributed by atoms with Gasteiger partial charge in [0.2, 0.25) is 18.1 Å². The number of nitrogens with one attached hydrogen (secondary N) is 2. The van der Waals surface area contributed by atoms with Gasteiger partial charge in [-0.1, -0.05) is 42.0 Å². The molecule has 0 saturated carbocycles. The quantitative estimate of drug-likeness (QED) is 0.0326. The molecule has 16 nitrogen and oxygen atoms in total. The van der Waals surface area contributed by atoms with Gasteiger partial charge in [-0.2, -0.15) is 0 Å². The predicted octanol–water partition coefficient (Wildman–Crippen LogP) is 0.621. The van der Waals surface area contributed by atoms with E-state index in [0.717, 1.165) is 24.8 Å². The molecule has 1 aliphatic rings. The largest absolute Gasteiger partial charge is 0.479 e. The van der Waals surface area contributed by atoms with Gasteiger partial charge in [-0.25, -0.2) is 4.79 Å². The highest BCUT2D eigenvalue weighted by Gasteiger charge is 2.48. The number of alkyl halides is 1. The summed E-state index contributed by atoms with van der Waals surface area (Å²) in [6.07, 6.45) is -4.43. The van der Waals surface area contributed by atoms with Gasteiger partial charge in [-0.15, -0.1) is 0 Å². The first kappa shape index (κ1) is 43.5. The van der Waals surface area contributed by atoms with Crippen LogP contribution in [-0.2, 0) is 55.9 Å². The van der Waals surface area contributed by atoms with Gasteiger partial charge in [0.05, 0.1) is 37.5 Å². The molecule has 1 fully saturated rings. The fourth-order valence-corrected chi connectivity index (χ4v) is 4.95. The summed E-state index contributed by atoms with van der Waals surface area (Å²) in [6, 6.07) is 5.07. The molecule has 2 amide bonds. The van der Waals surface area contributed by atoms with E-state index in [-0.39, 0.29) is 30.6 Å². The highest BCUT2D eigenvalue weighted by molar-refractivity contribution is 14.1. The molecule has 0 aromatic heterocycles. The standard InChI is InChI=1S/C33H51IN2O14/c1-2-27(39)48-21-23-19-22(9-10-24(23)49-33-30(42)28(40)29(41)31(50-33)32(43)44)7-6-13-45-15-17-47-18-16-46-14-12-36-25(37)8-4-3-5-11-35-26(38)20-34/h9-10,19,28-31,33,40-42H,2-8,11-18,20-21H2,1H3,(H,35,38)(H,36,37)(H,43,44)/t28-,29-,30+,31-,33+/m0/s1. The van der Waals surface area contributed by atoms with Crippen molar-refractivity contribution in [1.82, 2.24) is 10.6 Å². The molecule has 1 aliphatic heterocycles. The number of hydrogen-bond donors (Lipinski definition) is 6. The van der Waals surface area contributed by atoms with Crippen molar-refractivity contribution in [3.8, 4) is 5.75 Å². The lowest BCUT2D eigenvalue weighted by Crippen LogP contribution is -2.61. The third-order valence-corrected chi connectivity index (χ3v) is 8.14. The summed E-state index contributed by atoms with van der Waals surface area (Å²) in [6.45, 7) is 4.98. The maximum atomic E-state index is 11.9. The Morgan fingerprint density at radius 3 is 2.18 bits per heavy atom. The maximum Gasteiger partial charge on any atom is 0.335 e. The van der Waals surface area contributed by atoms with Crippen LogP contribution in [0.4, 0.5) is 0 Å². The number of aliphatic hydroxyl groups is 3. The first-order valence-electron chi connectivity index (χ1n) is 16.8. The highest BCUT2D eigenvalue weighted by Crippen LogP contribution is 2.28. The van der Waals surface area contributed by atoms with Crippen molar-refractivity contribution < 1.29 is 68.0 Å². The van der Waals surface area contributed by atoms with Gasteiger partial charge in [0.1, 0.15) is 30.7 Å². The molecule has 17 heteroatoms. The molecule has 1 aromatic carbocycles. The third-order valence-electron chi connectivity index (χ3n) is 7.45. The molecule has 0 aliphatic carbocycles. The minimum absolute atomic E-state index is 0.0197. The number of aliphatic hydroxyl groups excluding tert-OH is 3. The SMILES string of the molecule is CCC(=O)OCc1cc(CCCOCCOCCOCCNC(=O)CCCCCNC(=O)CI)ccc1O[C@@H]1O[C@H](C(=O)O)[C@@H](O)[C@H](O)[C@H]1O. The van der Waals surface area contributed by atoms with Crippen LogP contribution in [0.1, 0.15) is 56.6 Å². The summed E-state index contributed by atoms with van der Waals surface area (Å²) >= 11 is 2.01. The second-order valence-corrected chi connectivity index (χ2v) is 12.2. The van der Waals surface area contributed by atoms with E-state index in [4.69, 9.17) is 28.4 Å². The Morgan fingerprint density at radius 2 is 1.50 bits per heavy atom. The molecular weight excluding hydrogens is 775 g/mol. The molecule has 50 heavy (non-hydrogen) atoms. The second kappa shape index (κ2) is 25.3. The van der Waals surface area contributed by atoms with Crippen molar-refractivity contribution >= 4 is 46.3 Å². The van der Waals surface area contributed by atoms with E-state index in [0.29, 0.717) is 82.0 Å². The van der Waals surface area contributed by atoms with E-state index >= 15 is 0 Å². The van der Waals surface area contributed by atoms with Gasteiger partial charge in [-0.05, 0) is 43.4 Å². The average Bonchev–Trinajstić information content (AvgIpc) is 3.11. The van der Waals surface area contributed by atoms with Crippen LogP contribution in [0, 0.1) is 0 Å². The molecule has 2 rings (SSSR count). The number of aryl methyl sites for hydroxylation is 1. The number of carboxylic acid groups (broad SMARTS) is 1. The van der Waals surface area contributed by atoms with Gasteiger partial charge in [0.25, 0.3) is 0 Å². The molecule has 6 N–H and O–H groups in total. The van der Waals surface area contributed by atoms with Crippen LogP contribution in [0.5, 0.6) is 5.75 Å². The van der Waals surface area contributed by atoms with Crippen LogP contribution in [-0.4, -0.2) is 132 Å². The Balaban J connectivity index is 1.61. The van der Waals surface area contributed by atoms with Crippen LogP contribution in [0.25, 0.3) is 0 Å². The molecule has 0 radical (unpaired) electrons. The third kappa shape index (κ3) is 17.0. The highest BCUT2D eigenvalue weighted by atomic mass is 127. The molecule has 284 valence electrons. The maximum absolute atomic E-state index is 11.9. The summed E-state index contributed by atoms with van der Waals surface area (Å²) in [7, 11) is 0. The summed E-state index contributed by atoms with van der Waals surface area (Å²) in [4.78, 5) is 46.3. The number of esters is 1. The molecule has 1 aromatic rings. The van der Waals surface area contributed by atoms with Crippen molar-refractivity contribution in [3.05, 3.63) is 29.3 Å². The van der Waals surface area contributed by atoms with E-state index in [9.17, 15) is 39.6 Å². The molecule has 5 atom stereocenters. The van der Waals surface area contributed by atoms with Crippen LogP contribution in [0.15, 0.2) is 18.2 Å². The van der Waals surface area contributed by atoms with Crippen molar-refractivity contribution in [2.24, 2.45) is 0 Å². The topological polar surface area (TPSA) is 229 Å². The van der Waals surface area contributed by atoms with Crippen LogP contribution in [0.3, 0.4) is 0 Å². The number of rotatable bonds is 26. The fourth-order valence-electron chi connectivity index (χ4n) is 4.68. The number of carbonyl (C=O) groups is 4. The van der Waals surface area contributed by atoms with E-state index < -0.39 is 42.6 Å². The lowest BCUT2D eigenvalue weighted by Gasteiger charge is -2.38. The summed E-state index contributed by atoms with van der Waals surface area (Å²) in [5, 5.41) is 45.3. The molecular formula is C33H51IN2O14. The minimum Gasteiger partial charge on any atom is -0.479 e. The van der Waals surface area contributed by atoms with Gasteiger partial charge >= 0.3 is 11.9 Å². The number of carboxylic acids is 1. The van der Waals surface area contributed by atoms with Crippen LogP contribution in [0.2, 0.25) is 0 Å². The van der Waals surface area contributed by atoms with Crippen molar-refractivity contribution in [2.45, 2.75) is 89.2 Å². The number of aliphatic carboxylic acids is 1. The zero-order chi connectivity index (χ0) is 36.7. The lowest BCUT2D eigenvalue weighted by molar-refractivity contribution is -0.271. The number of hydrogen-bond acceptors (Lipinski definition) is 13. The van der Waals surface area contributed by atoms with Crippen molar-refractivity contribution in [2.75, 3.05) is 57.2 Å². The zero-order valence-electron chi connectivity index (χ0n) is 28.4. The van der Waals surface area contributed by atoms with Crippen LogP contribution < -0.4 is 15.4 Å². The number of unbranched alkanes of at least 4 members (excludes halogenated alkanes) is 2. The van der Waals surface area contributed by atoms with E-state index in [1.165, 1.54) is 0 Å². The number of ether oxygens (including phenoxy) is 6. The summed E-state index contributed by atoms with van der Waals surface area (Å²) < 4.78 is 33.3. The molecule has 0 bridgehead atoms. The normalized spacial score (nSPS) is 20.2. The molecule has 1 saturated heterocycles. The zero-order valence-corrected chi connectivity index (χ0v) is 30.5. The van der Waals surface area contributed by atoms with E-state index in [2.05, 4.69) is 10.6 Å². The van der Waals surface area contributed by atoms with E-state index in [1.54, 1.807) is 25.1 Å². The molecule has 1 heterocycles. The Morgan fingerprint density at radius 1 is 0.820 bits per heavy atom.